The van der Waals surface area contributed by atoms with Crippen molar-refractivity contribution in [3.63, 3.8) is 0 Å². The molecule has 2 aromatic heterocycles. The third-order valence-corrected chi connectivity index (χ3v) is 3.97. The van der Waals surface area contributed by atoms with Crippen molar-refractivity contribution in [2.24, 2.45) is 5.92 Å². The molecule has 0 aromatic carbocycles. The molecule has 0 bridgehead atoms. The fourth-order valence-corrected chi connectivity index (χ4v) is 2.85. The van der Waals surface area contributed by atoms with E-state index in [2.05, 4.69) is 49.0 Å². The van der Waals surface area contributed by atoms with Gasteiger partial charge in [0, 0.05) is 17.1 Å². The van der Waals surface area contributed by atoms with Crippen LogP contribution in [-0.2, 0) is 6.42 Å². The normalized spacial score (nSPS) is 17.7. The Morgan fingerprint density at radius 1 is 1.35 bits per heavy atom. The van der Waals surface area contributed by atoms with E-state index < -0.39 is 0 Å². The zero-order valence-electron chi connectivity index (χ0n) is 9.69. The SMILES string of the molecule is Brc1ccc2cnc(CC3CCNCC3)n2c1. The fraction of sp³-hybridized carbons (Fsp3) is 0.462. The molecule has 0 unspecified atom stereocenters. The monoisotopic (exact) mass is 293 g/mol. The van der Waals surface area contributed by atoms with Crippen molar-refractivity contribution >= 4 is 21.4 Å². The van der Waals surface area contributed by atoms with Gasteiger partial charge in [-0.05, 0) is 59.9 Å². The number of fused-ring (bicyclic) bond motifs is 1. The lowest BCUT2D eigenvalue weighted by Crippen LogP contribution is -2.29. The van der Waals surface area contributed by atoms with Gasteiger partial charge in [-0.3, -0.25) is 0 Å². The molecule has 90 valence electrons. The number of piperidine rings is 1. The van der Waals surface area contributed by atoms with E-state index in [0.29, 0.717) is 0 Å². The quantitative estimate of drug-likeness (QED) is 0.922. The van der Waals surface area contributed by atoms with Gasteiger partial charge in [-0.2, -0.15) is 0 Å². The van der Waals surface area contributed by atoms with Gasteiger partial charge in [0.05, 0.1) is 11.7 Å². The van der Waals surface area contributed by atoms with Crippen molar-refractivity contribution < 1.29 is 0 Å². The highest BCUT2D eigenvalue weighted by atomic mass is 79.9. The second kappa shape index (κ2) is 4.78. The molecule has 17 heavy (non-hydrogen) atoms. The summed E-state index contributed by atoms with van der Waals surface area (Å²) < 4.78 is 3.31. The highest BCUT2D eigenvalue weighted by Gasteiger charge is 2.16. The van der Waals surface area contributed by atoms with Gasteiger partial charge in [-0.15, -0.1) is 0 Å². The van der Waals surface area contributed by atoms with Gasteiger partial charge in [0.2, 0.25) is 0 Å². The summed E-state index contributed by atoms with van der Waals surface area (Å²) >= 11 is 3.52. The molecule has 0 atom stereocenters. The summed E-state index contributed by atoms with van der Waals surface area (Å²) in [6.07, 6.45) is 7.69. The van der Waals surface area contributed by atoms with Crippen LogP contribution >= 0.6 is 15.9 Å². The van der Waals surface area contributed by atoms with E-state index >= 15 is 0 Å². The van der Waals surface area contributed by atoms with E-state index in [1.807, 2.05) is 6.20 Å². The molecule has 1 fully saturated rings. The Balaban J connectivity index is 1.86. The minimum atomic E-state index is 0.779. The number of nitrogens with one attached hydrogen (secondary N) is 1. The summed E-state index contributed by atoms with van der Waals surface area (Å²) in [6, 6.07) is 4.16. The first-order chi connectivity index (χ1) is 8.33. The van der Waals surface area contributed by atoms with Crippen molar-refractivity contribution in [1.82, 2.24) is 14.7 Å². The second-order valence-electron chi connectivity index (χ2n) is 4.71. The van der Waals surface area contributed by atoms with Gasteiger partial charge in [-0.25, -0.2) is 4.98 Å². The Morgan fingerprint density at radius 2 is 2.18 bits per heavy atom. The number of imidazole rings is 1. The largest absolute Gasteiger partial charge is 0.317 e. The van der Waals surface area contributed by atoms with Crippen molar-refractivity contribution in [2.75, 3.05) is 13.1 Å². The standard InChI is InChI=1S/C13H16BrN3/c14-11-1-2-12-8-16-13(17(12)9-11)7-10-3-5-15-6-4-10/h1-2,8-10,15H,3-7H2. The summed E-state index contributed by atoms with van der Waals surface area (Å²) in [5, 5.41) is 3.41. The summed E-state index contributed by atoms with van der Waals surface area (Å²) in [5.41, 5.74) is 1.18. The lowest BCUT2D eigenvalue weighted by molar-refractivity contribution is 0.367. The molecule has 1 N–H and O–H groups in total. The molecule has 2 aromatic rings. The van der Waals surface area contributed by atoms with E-state index in [4.69, 9.17) is 0 Å². The Bertz CT molecular complexity index is 514. The van der Waals surface area contributed by atoms with Gasteiger partial charge in [0.15, 0.2) is 0 Å². The van der Waals surface area contributed by atoms with Gasteiger partial charge in [0.1, 0.15) is 5.82 Å². The molecule has 1 saturated heterocycles. The average Bonchev–Trinajstić information content (AvgIpc) is 2.73. The molecule has 0 spiro atoms. The zero-order valence-corrected chi connectivity index (χ0v) is 11.3. The van der Waals surface area contributed by atoms with Crippen LogP contribution < -0.4 is 5.32 Å². The number of rotatable bonds is 2. The summed E-state index contributed by atoms with van der Waals surface area (Å²) in [5.74, 6) is 1.97. The lowest BCUT2D eigenvalue weighted by atomic mass is 9.94. The van der Waals surface area contributed by atoms with E-state index in [-0.39, 0.29) is 0 Å². The van der Waals surface area contributed by atoms with Crippen LogP contribution in [0.3, 0.4) is 0 Å². The van der Waals surface area contributed by atoms with Crippen LogP contribution in [0.15, 0.2) is 29.0 Å². The molecule has 0 amide bonds. The van der Waals surface area contributed by atoms with Crippen molar-refractivity contribution in [3.05, 3.63) is 34.8 Å². The van der Waals surface area contributed by atoms with E-state index in [0.717, 1.165) is 29.9 Å². The van der Waals surface area contributed by atoms with Gasteiger partial charge in [-0.1, -0.05) is 0 Å². The number of pyridine rings is 1. The number of halogens is 1. The highest BCUT2D eigenvalue weighted by Crippen LogP contribution is 2.20. The summed E-state index contributed by atoms with van der Waals surface area (Å²) in [7, 11) is 0. The van der Waals surface area contributed by atoms with Crippen LogP contribution in [0.2, 0.25) is 0 Å². The number of nitrogens with zero attached hydrogens (tertiary/aromatic N) is 2. The highest BCUT2D eigenvalue weighted by molar-refractivity contribution is 9.10. The molecule has 0 radical (unpaired) electrons. The Kier molecular flexibility index (Phi) is 3.16. The molecular formula is C13H16BrN3. The van der Waals surface area contributed by atoms with Crippen LogP contribution in [-0.4, -0.2) is 22.5 Å². The van der Waals surface area contributed by atoms with Crippen molar-refractivity contribution in [2.45, 2.75) is 19.3 Å². The lowest BCUT2D eigenvalue weighted by Gasteiger charge is -2.21. The van der Waals surface area contributed by atoms with Crippen LogP contribution in [0.25, 0.3) is 5.52 Å². The van der Waals surface area contributed by atoms with E-state index in [9.17, 15) is 0 Å². The van der Waals surface area contributed by atoms with Gasteiger partial charge < -0.3 is 9.72 Å². The predicted octanol–water partition coefficient (Wildman–Crippen LogP) is 2.64. The van der Waals surface area contributed by atoms with Crippen molar-refractivity contribution in [1.29, 1.82) is 0 Å². The second-order valence-corrected chi connectivity index (χ2v) is 5.63. The maximum atomic E-state index is 4.55. The first-order valence-corrected chi connectivity index (χ1v) is 6.94. The zero-order chi connectivity index (χ0) is 11.7. The molecule has 1 aliphatic heterocycles. The maximum Gasteiger partial charge on any atom is 0.113 e. The maximum absolute atomic E-state index is 4.55. The molecule has 3 heterocycles. The van der Waals surface area contributed by atoms with Crippen LogP contribution in [0.1, 0.15) is 18.7 Å². The first-order valence-electron chi connectivity index (χ1n) is 6.15. The predicted molar refractivity (Wildman–Crippen MR) is 72.2 cm³/mol. The fourth-order valence-electron chi connectivity index (χ4n) is 2.51. The molecule has 4 heteroatoms. The summed E-state index contributed by atoms with van der Waals surface area (Å²) in [6.45, 7) is 2.30. The van der Waals surface area contributed by atoms with Gasteiger partial charge in [0.25, 0.3) is 0 Å². The topological polar surface area (TPSA) is 29.3 Å². The summed E-state index contributed by atoms with van der Waals surface area (Å²) in [4.78, 5) is 4.55. The number of hydrogen-bond acceptors (Lipinski definition) is 2. The van der Waals surface area contributed by atoms with E-state index in [1.54, 1.807) is 0 Å². The minimum Gasteiger partial charge on any atom is -0.317 e. The minimum absolute atomic E-state index is 0.779. The molecule has 0 aliphatic carbocycles. The Morgan fingerprint density at radius 3 is 3.00 bits per heavy atom. The average molecular weight is 294 g/mol. The molecule has 3 rings (SSSR count). The molecular weight excluding hydrogens is 278 g/mol. The Hall–Kier alpha value is -0.870. The molecule has 1 aliphatic rings. The smallest absolute Gasteiger partial charge is 0.113 e. The molecule has 0 saturated carbocycles. The number of aromatic nitrogens is 2. The first kappa shape index (κ1) is 11.2. The van der Waals surface area contributed by atoms with Crippen molar-refractivity contribution in [3.8, 4) is 0 Å². The van der Waals surface area contributed by atoms with Crippen LogP contribution in [0.5, 0.6) is 0 Å². The Labute approximate surface area is 109 Å². The van der Waals surface area contributed by atoms with Crippen LogP contribution in [0, 0.1) is 5.92 Å². The molecule has 3 nitrogen and oxygen atoms in total. The van der Waals surface area contributed by atoms with E-state index in [1.165, 1.54) is 24.2 Å². The third kappa shape index (κ3) is 2.38. The number of hydrogen-bond donors (Lipinski definition) is 1. The van der Waals surface area contributed by atoms with Crippen LogP contribution in [0.4, 0.5) is 0 Å². The third-order valence-electron chi connectivity index (χ3n) is 3.50. The van der Waals surface area contributed by atoms with Gasteiger partial charge >= 0.3 is 0 Å².